The van der Waals surface area contributed by atoms with Gasteiger partial charge in [-0.3, -0.25) is 0 Å². The Balaban J connectivity index is 1.71. The van der Waals surface area contributed by atoms with Gasteiger partial charge in [-0.2, -0.15) is 0 Å². The zero-order valence-electron chi connectivity index (χ0n) is 23.1. The third-order valence-corrected chi connectivity index (χ3v) is 6.56. The van der Waals surface area contributed by atoms with Crippen molar-refractivity contribution in [3.8, 4) is 11.5 Å². The van der Waals surface area contributed by atoms with E-state index in [2.05, 4.69) is 20.8 Å². The first-order valence-electron chi connectivity index (χ1n) is 14.2. The fourth-order valence-electron chi connectivity index (χ4n) is 4.31. The van der Waals surface area contributed by atoms with Gasteiger partial charge in [-0.25, -0.2) is 4.79 Å². The van der Waals surface area contributed by atoms with Crippen LogP contribution < -0.4 is 9.47 Å². The average molecular weight is 497 g/mol. The van der Waals surface area contributed by atoms with E-state index in [1.807, 2.05) is 37.3 Å². The number of hydrogen-bond acceptors (Lipinski definition) is 4. The number of carbonyl (C=O) groups is 1. The Morgan fingerprint density at radius 1 is 0.722 bits per heavy atom. The molecule has 0 fully saturated rings. The molecule has 2 atom stereocenters. The lowest BCUT2D eigenvalue weighted by Gasteiger charge is -2.17. The van der Waals surface area contributed by atoms with Gasteiger partial charge in [0, 0.05) is 6.61 Å². The highest BCUT2D eigenvalue weighted by Gasteiger charge is 2.15. The molecular formula is C32H48O4. The predicted molar refractivity (Wildman–Crippen MR) is 149 cm³/mol. The van der Waals surface area contributed by atoms with Gasteiger partial charge in [0.15, 0.2) is 11.5 Å². The van der Waals surface area contributed by atoms with Gasteiger partial charge >= 0.3 is 5.97 Å². The molecule has 0 aromatic heterocycles. The van der Waals surface area contributed by atoms with Crippen LogP contribution in [0.15, 0.2) is 48.5 Å². The van der Waals surface area contributed by atoms with Gasteiger partial charge < -0.3 is 14.2 Å². The van der Waals surface area contributed by atoms with Crippen LogP contribution in [0, 0.1) is 0 Å². The molecule has 0 spiro atoms. The van der Waals surface area contributed by atoms with Gasteiger partial charge in [-0.15, -0.1) is 0 Å². The van der Waals surface area contributed by atoms with E-state index < -0.39 is 0 Å². The molecule has 2 aromatic carbocycles. The van der Waals surface area contributed by atoms with Crippen LogP contribution in [0.5, 0.6) is 11.5 Å². The van der Waals surface area contributed by atoms with Crippen LogP contribution in [0.2, 0.25) is 0 Å². The van der Waals surface area contributed by atoms with Crippen molar-refractivity contribution < 1.29 is 19.0 Å². The molecule has 0 aliphatic carbocycles. The second-order valence-corrected chi connectivity index (χ2v) is 9.87. The first-order valence-corrected chi connectivity index (χ1v) is 14.2. The molecule has 4 heteroatoms. The standard InChI is InChI=1S/C32H48O4/c1-5-7-8-9-10-11-12-13-14-17-25-34-27(4)28-21-23-29(24-22-28)32(33)36-31-20-16-15-19-30(31)35-26(3)18-6-2/h15-16,19-24,26-27H,5-14,17-18,25H2,1-4H3. The maximum Gasteiger partial charge on any atom is 0.343 e. The minimum Gasteiger partial charge on any atom is -0.487 e. The van der Waals surface area contributed by atoms with Crippen LogP contribution in [-0.2, 0) is 4.74 Å². The summed E-state index contributed by atoms with van der Waals surface area (Å²) in [6.45, 7) is 9.25. The average Bonchev–Trinajstić information content (AvgIpc) is 2.88. The first-order chi connectivity index (χ1) is 17.5. The van der Waals surface area contributed by atoms with E-state index in [9.17, 15) is 4.79 Å². The molecule has 2 aromatic rings. The van der Waals surface area contributed by atoms with Crippen LogP contribution in [-0.4, -0.2) is 18.7 Å². The summed E-state index contributed by atoms with van der Waals surface area (Å²) in [5.74, 6) is 0.653. The number of benzene rings is 2. The van der Waals surface area contributed by atoms with E-state index in [1.54, 1.807) is 18.2 Å². The molecule has 0 aliphatic rings. The Kier molecular flexibility index (Phi) is 14.9. The van der Waals surface area contributed by atoms with Crippen molar-refractivity contribution in [2.24, 2.45) is 0 Å². The fourth-order valence-corrected chi connectivity index (χ4v) is 4.31. The fraction of sp³-hybridized carbons (Fsp3) is 0.594. The zero-order chi connectivity index (χ0) is 26.0. The molecule has 0 bridgehead atoms. The topological polar surface area (TPSA) is 44.8 Å². The molecule has 0 radical (unpaired) electrons. The quantitative estimate of drug-likeness (QED) is 0.110. The molecule has 200 valence electrons. The van der Waals surface area contributed by atoms with Gasteiger partial charge in [-0.1, -0.05) is 102 Å². The van der Waals surface area contributed by atoms with Crippen LogP contribution >= 0.6 is 0 Å². The number of para-hydroxylation sites is 2. The van der Waals surface area contributed by atoms with Crippen LogP contribution in [0.25, 0.3) is 0 Å². The van der Waals surface area contributed by atoms with Crippen molar-refractivity contribution in [1.29, 1.82) is 0 Å². The molecule has 36 heavy (non-hydrogen) atoms. The number of rotatable bonds is 19. The Morgan fingerprint density at radius 2 is 1.31 bits per heavy atom. The van der Waals surface area contributed by atoms with E-state index in [-0.39, 0.29) is 18.2 Å². The van der Waals surface area contributed by atoms with Crippen molar-refractivity contribution >= 4 is 5.97 Å². The highest BCUT2D eigenvalue weighted by atomic mass is 16.6. The Morgan fingerprint density at radius 3 is 1.92 bits per heavy atom. The van der Waals surface area contributed by atoms with Crippen molar-refractivity contribution in [3.63, 3.8) is 0 Å². The summed E-state index contributed by atoms with van der Waals surface area (Å²) < 4.78 is 17.7. The summed E-state index contributed by atoms with van der Waals surface area (Å²) in [6, 6.07) is 14.8. The largest absolute Gasteiger partial charge is 0.487 e. The third-order valence-electron chi connectivity index (χ3n) is 6.56. The minimum absolute atomic E-state index is 0.00261. The van der Waals surface area contributed by atoms with E-state index >= 15 is 0 Å². The smallest absolute Gasteiger partial charge is 0.343 e. The second kappa shape index (κ2) is 18.0. The lowest BCUT2D eigenvalue weighted by Crippen LogP contribution is -2.14. The Bertz CT molecular complexity index is 845. The number of hydrogen-bond donors (Lipinski definition) is 0. The maximum absolute atomic E-state index is 12.7. The van der Waals surface area contributed by atoms with E-state index in [4.69, 9.17) is 14.2 Å². The maximum atomic E-state index is 12.7. The molecule has 0 saturated heterocycles. The SMILES string of the molecule is CCCCCCCCCCCCOC(C)c1ccc(C(=O)Oc2ccccc2OC(C)CCC)cc1. The molecule has 2 unspecified atom stereocenters. The highest BCUT2D eigenvalue weighted by molar-refractivity contribution is 5.91. The number of unbranched alkanes of at least 4 members (excludes halogenated alkanes) is 9. The summed E-state index contributed by atoms with van der Waals surface area (Å²) >= 11 is 0. The van der Waals surface area contributed by atoms with E-state index in [1.165, 1.54) is 57.8 Å². The Hall–Kier alpha value is -2.33. The molecule has 0 saturated carbocycles. The molecule has 0 N–H and O–H groups in total. The summed E-state index contributed by atoms with van der Waals surface area (Å²) in [7, 11) is 0. The summed E-state index contributed by atoms with van der Waals surface area (Å²) in [4.78, 5) is 12.7. The number of esters is 1. The predicted octanol–water partition coefficient (Wildman–Crippen LogP) is 9.47. The van der Waals surface area contributed by atoms with E-state index in [0.29, 0.717) is 17.1 Å². The van der Waals surface area contributed by atoms with Crippen molar-refractivity contribution in [1.82, 2.24) is 0 Å². The van der Waals surface area contributed by atoms with Crippen molar-refractivity contribution in [3.05, 3.63) is 59.7 Å². The van der Waals surface area contributed by atoms with Gasteiger partial charge in [0.2, 0.25) is 0 Å². The molecular weight excluding hydrogens is 448 g/mol. The normalized spacial score (nSPS) is 12.8. The monoisotopic (exact) mass is 496 g/mol. The van der Waals surface area contributed by atoms with Gasteiger partial charge in [0.25, 0.3) is 0 Å². The first kappa shape index (κ1) is 29.9. The van der Waals surface area contributed by atoms with Crippen LogP contribution in [0.3, 0.4) is 0 Å². The van der Waals surface area contributed by atoms with Crippen LogP contribution in [0.1, 0.15) is 127 Å². The highest BCUT2D eigenvalue weighted by Crippen LogP contribution is 2.29. The van der Waals surface area contributed by atoms with Crippen LogP contribution in [0.4, 0.5) is 0 Å². The molecule has 0 aliphatic heterocycles. The summed E-state index contributed by atoms with van der Waals surface area (Å²) in [5.41, 5.74) is 1.58. The zero-order valence-corrected chi connectivity index (χ0v) is 23.1. The number of ether oxygens (including phenoxy) is 3. The summed E-state index contributed by atoms with van der Waals surface area (Å²) in [5, 5.41) is 0. The lowest BCUT2D eigenvalue weighted by atomic mass is 10.1. The van der Waals surface area contributed by atoms with Crippen molar-refractivity contribution in [2.75, 3.05) is 6.61 Å². The summed E-state index contributed by atoms with van der Waals surface area (Å²) in [6.07, 6.45) is 15.3. The minimum atomic E-state index is -0.389. The van der Waals surface area contributed by atoms with Gasteiger partial charge in [0.05, 0.1) is 17.8 Å². The van der Waals surface area contributed by atoms with Crippen molar-refractivity contribution in [2.45, 2.75) is 117 Å². The van der Waals surface area contributed by atoms with E-state index in [0.717, 1.165) is 31.4 Å². The van der Waals surface area contributed by atoms with Gasteiger partial charge in [0.1, 0.15) is 0 Å². The van der Waals surface area contributed by atoms with Gasteiger partial charge in [-0.05, 0) is 56.5 Å². The molecule has 0 heterocycles. The molecule has 2 rings (SSSR count). The third kappa shape index (κ3) is 11.6. The lowest BCUT2D eigenvalue weighted by molar-refractivity contribution is 0.0625. The molecule has 4 nitrogen and oxygen atoms in total. The number of carbonyl (C=O) groups excluding carboxylic acids is 1. The second-order valence-electron chi connectivity index (χ2n) is 9.87. The molecule has 0 amide bonds. The Labute approximate surface area is 219 Å².